The second-order valence-electron chi connectivity index (χ2n) is 5.01. The van der Waals surface area contributed by atoms with Crippen molar-refractivity contribution in [1.82, 2.24) is 15.5 Å². The fourth-order valence-corrected chi connectivity index (χ4v) is 2.25. The average molecular weight is 269 g/mol. The molecule has 0 bridgehead atoms. The second-order valence-corrected chi connectivity index (χ2v) is 5.01. The number of H-pyrrole nitrogens is 1. The molecule has 1 fully saturated rings. The van der Waals surface area contributed by atoms with E-state index in [1.807, 2.05) is 30.3 Å². The van der Waals surface area contributed by atoms with Gasteiger partial charge in [0.05, 0.1) is 6.04 Å². The summed E-state index contributed by atoms with van der Waals surface area (Å²) in [5, 5.41) is 9.03. The minimum Gasteiger partial charge on any atom is -0.344 e. The first-order chi connectivity index (χ1) is 9.74. The van der Waals surface area contributed by atoms with Crippen LogP contribution in [0.5, 0.6) is 0 Å². The Hall–Kier alpha value is -2.43. The summed E-state index contributed by atoms with van der Waals surface area (Å²) >= 11 is 0. The zero-order valence-corrected chi connectivity index (χ0v) is 10.9. The summed E-state index contributed by atoms with van der Waals surface area (Å²) in [6.45, 7) is 0. The van der Waals surface area contributed by atoms with E-state index in [2.05, 4.69) is 15.5 Å². The molecule has 0 aliphatic heterocycles. The topological polar surface area (TPSA) is 74.8 Å². The van der Waals surface area contributed by atoms with Crippen LogP contribution in [0, 0.1) is 5.92 Å². The number of aromatic nitrogens is 2. The molecule has 5 nitrogen and oxygen atoms in total. The average Bonchev–Trinajstić information content (AvgIpc) is 3.31. The van der Waals surface area contributed by atoms with Crippen molar-refractivity contribution in [2.45, 2.75) is 18.9 Å². The van der Waals surface area contributed by atoms with Crippen LogP contribution in [0.15, 0.2) is 47.3 Å². The third kappa shape index (κ3) is 2.77. The molecule has 1 aliphatic carbocycles. The number of hydrogen-bond donors (Lipinski definition) is 2. The fourth-order valence-electron chi connectivity index (χ4n) is 2.25. The Morgan fingerprint density at radius 1 is 1.20 bits per heavy atom. The van der Waals surface area contributed by atoms with Gasteiger partial charge in [-0.2, -0.15) is 5.10 Å². The number of nitrogens with zero attached hydrogens (tertiary/aromatic N) is 1. The van der Waals surface area contributed by atoms with E-state index in [-0.39, 0.29) is 23.2 Å². The highest BCUT2D eigenvalue weighted by Gasteiger charge is 2.33. The van der Waals surface area contributed by atoms with Crippen molar-refractivity contribution in [2.75, 3.05) is 0 Å². The lowest BCUT2D eigenvalue weighted by Gasteiger charge is -2.18. The summed E-state index contributed by atoms with van der Waals surface area (Å²) in [4.78, 5) is 23.1. The molecule has 1 unspecified atom stereocenters. The Labute approximate surface area is 116 Å². The molecule has 5 heteroatoms. The number of nitrogens with one attached hydrogen (secondary N) is 2. The van der Waals surface area contributed by atoms with Gasteiger partial charge in [0.25, 0.3) is 11.5 Å². The second kappa shape index (κ2) is 5.28. The van der Waals surface area contributed by atoms with Crippen LogP contribution in [-0.2, 0) is 0 Å². The highest BCUT2D eigenvalue weighted by atomic mass is 16.2. The Morgan fingerprint density at radius 3 is 2.55 bits per heavy atom. The van der Waals surface area contributed by atoms with Gasteiger partial charge in [0, 0.05) is 6.07 Å². The van der Waals surface area contributed by atoms with Gasteiger partial charge in [0.2, 0.25) is 0 Å². The molecule has 1 atom stereocenters. The van der Waals surface area contributed by atoms with Crippen LogP contribution in [0.1, 0.15) is 34.9 Å². The van der Waals surface area contributed by atoms with E-state index in [0.717, 1.165) is 18.4 Å². The zero-order valence-electron chi connectivity index (χ0n) is 10.9. The van der Waals surface area contributed by atoms with Gasteiger partial charge in [-0.15, -0.1) is 0 Å². The largest absolute Gasteiger partial charge is 0.344 e. The lowest BCUT2D eigenvalue weighted by molar-refractivity contribution is 0.0925. The van der Waals surface area contributed by atoms with Gasteiger partial charge in [-0.3, -0.25) is 9.59 Å². The van der Waals surface area contributed by atoms with E-state index >= 15 is 0 Å². The molecule has 102 valence electrons. The highest BCUT2D eigenvalue weighted by molar-refractivity contribution is 5.92. The summed E-state index contributed by atoms with van der Waals surface area (Å²) in [6.07, 6.45) is 2.25. The zero-order chi connectivity index (χ0) is 13.9. The maximum atomic E-state index is 12.2. The molecule has 0 radical (unpaired) electrons. The lowest BCUT2D eigenvalue weighted by Crippen LogP contribution is -2.31. The molecule has 1 amide bonds. The minimum absolute atomic E-state index is 0.0115. The Balaban J connectivity index is 1.78. The van der Waals surface area contributed by atoms with E-state index in [1.165, 1.54) is 12.1 Å². The summed E-state index contributed by atoms with van der Waals surface area (Å²) in [6, 6.07) is 12.7. The molecule has 1 saturated carbocycles. The van der Waals surface area contributed by atoms with Gasteiger partial charge in [-0.1, -0.05) is 30.3 Å². The third-order valence-electron chi connectivity index (χ3n) is 3.45. The molecule has 3 rings (SSSR count). The standard InChI is InChI=1S/C15H15N3O2/c19-13-9-8-12(17-18-13)15(20)16-14(11-6-7-11)10-4-2-1-3-5-10/h1-5,8-9,11,14H,6-7H2,(H,16,20)(H,18,19). The number of hydrogen-bond acceptors (Lipinski definition) is 3. The van der Waals surface area contributed by atoms with Crippen LogP contribution < -0.4 is 10.9 Å². The smallest absolute Gasteiger partial charge is 0.272 e. The van der Waals surface area contributed by atoms with Crippen LogP contribution in [0.3, 0.4) is 0 Å². The maximum absolute atomic E-state index is 12.2. The van der Waals surface area contributed by atoms with Crippen molar-refractivity contribution < 1.29 is 4.79 Å². The predicted octanol–water partition coefficient (Wildman–Crippen LogP) is 1.65. The van der Waals surface area contributed by atoms with E-state index in [4.69, 9.17) is 0 Å². The summed E-state index contributed by atoms with van der Waals surface area (Å²) < 4.78 is 0. The molecule has 1 aromatic carbocycles. The first-order valence-corrected chi connectivity index (χ1v) is 6.65. The number of carbonyl (C=O) groups excluding carboxylic acids is 1. The molecule has 0 spiro atoms. The molecule has 2 aromatic rings. The molecule has 20 heavy (non-hydrogen) atoms. The SMILES string of the molecule is O=C(NC(c1ccccc1)C1CC1)c1ccc(=O)[nH]n1. The van der Waals surface area contributed by atoms with Gasteiger partial charge < -0.3 is 5.32 Å². The van der Waals surface area contributed by atoms with Crippen molar-refractivity contribution in [3.63, 3.8) is 0 Å². The van der Waals surface area contributed by atoms with E-state index < -0.39 is 0 Å². The van der Waals surface area contributed by atoms with Crippen molar-refractivity contribution in [2.24, 2.45) is 5.92 Å². The molecule has 0 saturated heterocycles. The molecular formula is C15H15N3O2. The predicted molar refractivity (Wildman–Crippen MR) is 74.2 cm³/mol. The van der Waals surface area contributed by atoms with Crippen LogP contribution >= 0.6 is 0 Å². The first-order valence-electron chi connectivity index (χ1n) is 6.65. The van der Waals surface area contributed by atoms with Gasteiger partial charge in [-0.05, 0) is 30.4 Å². The first kappa shape index (κ1) is 12.6. The minimum atomic E-state index is -0.316. The highest BCUT2D eigenvalue weighted by Crippen LogP contribution is 2.40. The monoisotopic (exact) mass is 269 g/mol. The number of aromatic amines is 1. The maximum Gasteiger partial charge on any atom is 0.272 e. The number of rotatable bonds is 4. The van der Waals surface area contributed by atoms with Gasteiger partial charge in [0.1, 0.15) is 5.69 Å². The van der Waals surface area contributed by atoms with E-state index in [9.17, 15) is 9.59 Å². The summed E-state index contributed by atoms with van der Waals surface area (Å²) in [5.41, 5.74) is 1.02. The normalized spacial score (nSPS) is 15.6. The van der Waals surface area contributed by atoms with Crippen LogP contribution in [0.2, 0.25) is 0 Å². The van der Waals surface area contributed by atoms with Crippen LogP contribution in [0.4, 0.5) is 0 Å². The Kier molecular flexibility index (Phi) is 3.33. The van der Waals surface area contributed by atoms with Gasteiger partial charge >= 0.3 is 0 Å². The lowest BCUT2D eigenvalue weighted by atomic mass is 10.0. The number of benzene rings is 1. The Morgan fingerprint density at radius 2 is 1.95 bits per heavy atom. The van der Waals surface area contributed by atoms with Gasteiger partial charge in [-0.25, -0.2) is 5.10 Å². The van der Waals surface area contributed by atoms with Crippen LogP contribution in [-0.4, -0.2) is 16.1 Å². The molecule has 1 aliphatic rings. The molecular weight excluding hydrogens is 254 g/mol. The van der Waals surface area contributed by atoms with Crippen molar-refractivity contribution in [1.29, 1.82) is 0 Å². The van der Waals surface area contributed by atoms with Crippen molar-refractivity contribution >= 4 is 5.91 Å². The summed E-state index contributed by atoms with van der Waals surface area (Å²) in [5.74, 6) is 0.228. The quantitative estimate of drug-likeness (QED) is 0.886. The molecule has 1 heterocycles. The molecule has 1 aromatic heterocycles. The third-order valence-corrected chi connectivity index (χ3v) is 3.45. The van der Waals surface area contributed by atoms with Crippen LogP contribution in [0.25, 0.3) is 0 Å². The van der Waals surface area contributed by atoms with Crippen molar-refractivity contribution in [3.8, 4) is 0 Å². The number of carbonyl (C=O) groups is 1. The molecule has 2 N–H and O–H groups in total. The Bertz CT molecular complexity index is 642. The summed E-state index contributed by atoms with van der Waals surface area (Å²) in [7, 11) is 0. The number of amides is 1. The van der Waals surface area contributed by atoms with Crippen molar-refractivity contribution in [3.05, 3.63) is 64.1 Å². The van der Waals surface area contributed by atoms with Gasteiger partial charge in [0.15, 0.2) is 0 Å². The van der Waals surface area contributed by atoms with E-state index in [0.29, 0.717) is 5.92 Å². The van der Waals surface area contributed by atoms with E-state index in [1.54, 1.807) is 0 Å². The fraction of sp³-hybridized carbons (Fsp3) is 0.267.